The van der Waals surface area contributed by atoms with E-state index in [1.807, 2.05) is 30.3 Å². The molecule has 2 rings (SSSR count). The van der Waals surface area contributed by atoms with Crippen molar-refractivity contribution in [3.63, 3.8) is 0 Å². The van der Waals surface area contributed by atoms with Crippen LogP contribution in [0.2, 0.25) is 0 Å². The second-order valence-electron chi connectivity index (χ2n) is 4.95. The van der Waals surface area contributed by atoms with E-state index in [1.165, 1.54) is 6.92 Å². The maximum Gasteiger partial charge on any atom is 0.307 e. The van der Waals surface area contributed by atoms with Gasteiger partial charge in [-0.3, -0.25) is 4.79 Å². The van der Waals surface area contributed by atoms with E-state index in [0.717, 1.165) is 5.56 Å². The fourth-order valence-corrected chi connectivity index (χ4v) is 3.39. The summed E-state index contributed by atoms with van der Waals surface area (Å²) >= 11 is 0. The number of rotatable bonds is 7. The highest BCUT2D eigenvalue weighted by atomic mass is 32.2. The molecule has 0 aliphatic carbocycles. The number of hydrogen-bond donors (Lipinski definition) is 1. The molecule has 0 bridgehead atoms. The summed E-state index contributed by atoms with van der Waals surface area (Å²) in [6.45, 7) is 3.16. The van der Waals surface area contributed by atoms with Crippen molar-refractivity contribution in [2.24, 2.45) is 0 Å². The SMILES string of the molecule is Cc1noc(C)c1S(=O)(=O)NCCC(=O)OCc1ccccc1. The molecule has 0 aliphatic rings. The molecule has 0 saturated carbocycles. The van der Waals surface area contributed by atoms with Gasteiger partial charge in [0.25, 0.3) is 0 Å². The highest BCUT2D eigenvalue weighted by molar-refractivity contribution is 7.89. The van der Waals surface area contributed by atoms with Crippen LogP contribution in [0.25, 0.3) is 0 Å². The summed E-state index contributed by atoms with van der Waals surface area (Å²) in [4.78, 5) is 11.6. The summed E-state index contributed by atoms with van der Waals surface area (Å²) in [5.41, 5.74) is 1.15. The average molecular weight is 338 g/mol. The standard InChI is InChI=1S/C15H18N2O5S/c1-11-15(12(2)22-17-11)23(19,20)16-9-8-14(18)21-10-13-6-4-3-5-7-13/h3-7,16H,8-10H2,1-2H3. The molecule has 0 fully saturated rings. The van der Waals surface area contributed by atoms with E-state index in [-0.39, 0.29) is 35.9 Å². The van der Waals surface area contributed by atoms with Gasteiger partial charge in [-0.05, 0) is 19.4 Å². The molecule has 1 aromatic heterocycles. The molecular weight excluding hydrogens is 320 g/mol. The van der Waals surface area contributed by atoms with Crippen molar-refractivity contribution in [3.05, 3.63) is 47.3 Å². The van der Waals surface area contributed by atoms with E-state index in [0.29, 0.717) is 0 Å². The lowest BCUT2D eigenvalue weighted by Crippen LogP contribution is -2.27. The number of carbonyl (C=O) groups excluding carboxylic acids is 1. The summed E-state index contributed by atoms with van der Waals surface area (Å²) in [6, 6.07) is 9.25. The fourth-order valence-electron chi connectivity index (χ4n) is 2.03. The van der Waals surface area contributed by atoms with Gasteiger partial charge in [-0.25, -0.2) is 13.1 Å². The first-order valence-corrected chi connectivity index (χ1v) is 8.50. The van der Waals surface area contributed by atoms with E-state index < -0.39 is 16.0 Å². The lowest BCUT2D eigenvalue weighted by atomic mass is 10.2. The van der Waals surface area contributed by atoms with Crippen LogP contribution in [0.4, 0.5) is 0 Å². The number of aromatic nitrogens is 1. The molecule has 0 saturated heterocycles. The molecule has 8 heteroatoms. The van der Waals surface area contributed by atoms with Crippen molar-refractivity contribution in [1.29, 1.82) is 0 Å². The summed E-state index contributed by atoms with van der Waals surface area (Å²) in [7, 11) is -3.76. The molecule has 2 aromatic rings. The third-order valence-electron chi connectivity index (χ3n) is 3.10. The van der Waals surface area contributed by atoms with Crippen LogP contribution in [0.15, 0.2) is 39.8 Å². The van der Waals surface area contributed by atoms with Gasteiger partial charge in [0.15, 0.2) is 5.76 Å². The first-order chi connectivity index (χ1) is 10.9. The van der Waals surface area contributed by atoms with Crippen molar-refractivity contribution in [2.75, 3.05) is 6.54 Å². The molecule has 0 spiro atoms. The minimum atomic E-state index is -3.76. The Kier molecular flexibility index (Phi) is 5.51. The molecule has 0 unspecified atom stereocenters. The number of hydrogen-bond acceptors (Lipinski definition) is 6. The van der Waals surface area contributed by atoms with Gasteiger partial charge in [0.1, 0.15) is 17.2 Å². The van der Waals surface area contributed by atoms with E-state index >= 15 is 0 Å². The zero-order valence-electron chi connectivity index (χ0n) is 12.9. The lowest BCUT2D eigenvalue weighted by molar-refractivity contribution is -0.144. The zero-order chi connectivity index (χ0) is 16.9. The first-order valence-electron chi connectivity index (χ1n) is 7.02. The maximum atomic E-state index is 12.1. The van der Waals surface area contributed by atoms with Gasteiger partial charge in [-0.1, -0.05) is 35.5 Å². The predicted octanol–water partition coefficient (Wildman–Crippen LogP) is 1.70. The highest BCUT2D eigenvalue weighted by Crippen LogP contribution is 2.18. The molecule has 0 amide bonds. The molecule has 23 heavy (non-hydrogen) atoms. The smallest absolute Gasteiger partial charge is 0.307 e. The molecule has 0 atom stereocenters. The molecule has 1 N–H and O–H groups in total. The quantitative estimate of drug-likeness (QED) is 0.772. The van der Waals surface area contributed by atoms with Gasteiger partial charge in [0.05, 0.1) is 6.42 Å². The van der Waals surface area contributed by atoms with Gasteiger partial charge in [0.2, 0.25) is 10.0 Å². The minimum absolute atomic E-state index is 0.00940. The number of sulfonamides is 1. The molecule has 7 nitrogen and oxygen atoms in total. The predicted molar refractivity (Wildman–Crippen MR) is 82.0 cm³/mol. The average Bonchev–Trinajstić information content (AvgIpc) is 2.86. The van der Waals surface area contributed by atoms with Crippen LogP contribution >= 0.6 is 0 Å². The Morgan fingerprint density at radius 2 is 1.96 bits per heavy atom. The van der Waals surface area contributed by atoms with Crippen molar-refractivity contribution in [1.82, 2.24) is 9.88 Å². The van der Waals surface area contributed by atoms with Crippen LogP contribution in [0.3, 0.4) is 0 Å². The monoisotopic (exact) mass is 338 g/mol. The Hall–Kier alpha value is -2.19. The molecular formula is C15H18N2O5S. The summed E-state index contributed by atoms with van der Waals surface area (Å²) in [5, 5.41) is 3.60. The summed E-state index contributed by atoms with van der Waals surface area (Å²) < 4.78 is 36.5. The Labute approximate surface area is 134 Å². The molecule has 0 radical (unpaired) electrons. The van der Waals surface area contributed by atoms with Gasteiger partial charge in [-0.2, -0.15) is 0 Å². The number of nitrogens with one attached hydrogen (secondary N) is 1. The van der Waals surface area contributed by atoms with Gasteiger partial charge < -0.3 is 9.26 Å². The summed E-state index contributed by atoms with van der Waals surface area (Å²) in [5.74, 6) is -0.267. The molecule has 1 aromatic carbocycles. The number of aryl methyl sites for hydroxylation is 2. The topological polar surface area (TPSA) is 98.5 Å². The first kappa shape index (κ1) is 17.2. The Morgan fingerprint density at radius 1 is 1.26 bits per heavy atom. The second kappa shape index (κ2) is 7.38. The van der Waals surface area contributed by atoms with Crippen molar-refractivity contribution < 1.29 is 22.5 Å². The number of ether oxygens (including phenoxy) is 1. The van der Waals surface area contributed by atoms with Gasteiger partial charge in [0, 0.05) is 6.54 Å². The maximum absolute atomic E-state index is 12.1. The minimum Gasteiger partial charge on any atom is -0.461 e. The number of nitrogens with zero attached hydrogens (tertiary/aromatic N) is 1. The van der Waals surface area contributed by atoms with Crippen molar-refractivity contribution in [2.45, 2.75) is 31.8 Å². The molecule has 0 aliphatic heterocycles. The zero-order valence-corrected chi connectivity index (χ0v) is 13.7. The highest BCUT2D eigenvalue weighted by Gasteiger charge is 2.23. The Morgan fingerprint density at radius 3 is 2.57 bits per heavy atom. The van der Waals surface area contributed by atoms with E-state index in [4.69, 9.17) is 9.26 Å². The van der Waals surface area contributed by atoms with E-state index in [9.17, 15) is 13.2 Å². The van der Waals surface area contributed by atoms with E-state index in [1.54, 1.807) is 6.92 Å². The third kappa shape index (κ3) is 4.64. The normalized spacial score (nSPS) is 11.4. The number of carbonyl (C=O) groups is 1. The molecule has 124 valence electrons. The van der Waals surface area contributed by atoms with Crippen LogP contribution < -0.4 is 4.72 Å². The van der Waals surface area contributed by atoms with Gasteiger partial charge >= 0.3 is 5.97 Å². The number of benzene rings is 1. The number of esters is 1. The van der Waals surface area contributed by atoms with Crippen LogP contribution in [0.5, 0.6) is 0 Å². The Bertz CT molecular complexity index is 749. The largest absolute Gasteiger partial charge is 0.461 e. The van der Waals surface area contributed by atoms with Crippen molar-refractivity contribution >= 4 is 16.0 Å². The van der Waals surface area contributed by atoms with Crippen LogP contribution in [-0.4, -0.2) is 26.1 Å². The third-order valence-corrected chi connectivity index (χ3v) is 4.80. The lowest BCUT2D eigenvalue weighted by Gasteiger charge is -2.07. The van der Waals surface area contributed by atoms with E-state index in [2.05, 4.69) is 9.88 Å². The molecule has 1 heterocycles. The second-order valence-corrected chi connectivity index (χ2v) is 6.65. The summed E-state index contributed by atoms with van der Waals surface area (Å²) in [6.07, 6.45) is -0.0601. The fraction of sp³-hybridized carbons (Fsp3) is 0.333. The van der Waals surface area contributed by atoms with Crippen LogP contribution in [-0.2, 0) is 26.2 Å². The van der Waals surface area contributed by atoms with Gasteiger partial charge in [-0.15, -0.1) is 0 Å². The van der Waals surface area contributed by atoms with Crippen molar-refractivity contribution in [3.8, 4) is 0 Å². The van der Waals surface area contributed by atoms with Crippen LogP contribution in [0, 0.1) is 13.8 Å². The Balaban J connectivity index is 1.81. The van der Waals surface area contributed by atoms with Crippen LogP contribution in [0.1, 0.15) is 23.4 Å².